The number of hydrogen-bond donors (Lipinski definition) is 1. The fourth-order valence-corrected chi connectivity index (χ4v) is 4.19. The van der Waals surface area contributed by atoms with Crippen LogP contribution < -0.4 is 9.62 Å². The van der Waals surface area contributed by atoms with Crippen molar-refractivity contribution in [2.75, 3.05) is 22.4 Å². The van der Waals surface area contributed by atoms with Crippen molar-refractivity contribution in [3.05, 3.63) is 63.2 Å². The summed E-state index contributed by atoms with van der Waals surface area (Å²) in [7, 11) is -3.34. The van der Waals surface area contributed by atoms with Gasteiger partial charge in [0.1, 0.15) is 0 Å². The largest absolute Gasteiger partial charge is 0.322 e. The topological polar surface area (TPSA) is 110 Å². The first-order valence-electron chi connectivity index (χ1n) is 8.34. The van der Waals surface area contributed by atoms with E-state index in [2.05, 4.69) is 5.32 Å². The number of fused-ring (bicyclic) bond motifs is 1. The standard InChI is InChI=1S/C18H19N3O5S/c1-12-10-14(5-7-16(12)21(23)24)18(22)19-15-6-8-17-13(11-15)4-3-9-20(17)27(2,25)26/h5-8,10-11H,3-4,9H2,1-2H3,(H,19,22). The lowest BCUT2D eigenvalue weighted by Crippen LogP contribution is -2.34. The lowest BCUT2D eigenvalue weighted by atomic mass is 10.0. The van der Waals surface area contributed by atoms with Crippen molar-refractivity contribution in [1.29, 1.82) is 0 Å². The van der Waals surface area contributed by atoms with Gasteiger partial charge < -0.3 is 5.32 Å². The first-order valence-corrected chi connectivity index (χ1v) is 10.2. The molecule has 0 atom stereocenters. The average Bonchev–Trinajstić information content (AvgIpc) is 2.59. The summed E-state index contributed by atoms with van der Waals surface area (Å²) in [5, 5.41) is 13.6. The molecular formula is C18H19N3O5S. The van der Waals surface area contributed by atoms with Gasteiger partial charge in [0.2, 0.25) is 10.0 Å². The summed E-state index contributed by atoms with van der Waals surface area (Å²) in [6, 6.07) is 9.29. The van der Waals surface area contributed by atoms with Crippen molar-refractivity contribution in [2.45, 2.75) is 19.8 Å². The van der Waals surface area contributed by atoms with E-state index in [4.69, 9.17) is 0 Å². The Morgan fingerprint density at radius 2 is 1.96 bits per heavy atom. The Bertz CT molecular complexity index is 1030. The maximum Gasteiger partial charge on any atom is 0.272 e. The van der Waals surface area contributed by atoms with E-state index < -0.39 is 14.9 Å². The molecule has 2 aromatic rings. The summed E-state index contributed by atoms with van der Waals surface area (Å²) in [4.78, 5) is 22.8. The first kappa shape index (κ1) is 18.8. The van der Waals surface area contributed by atoms with E-state index in [1.54, 1.807) is 25.1 Å². The Balaban J connectivity index is 1.84. The van der Waals surface area contributed by atoms with Crippen molar-refractivity contribution in [1.82, 2.24) is 0 Å². The van der Waals surface area contributed by atoms with Gasteiger partial charge in [-0.1, -0.05) is 0 Å². The van der Waals surface area contributed by atoms with Crippen LogP contribution in [0.4, 0.5) is 17.1 Å². The SMILES string of the molecule is Cc1cc(C(=O)Nc2ccc3c(c2)CCCN3S(C)(=O)=O)ccc1[N+](=O)[O-]. The van der Waals surface area contributed by atoms with Crippen LogP contribution in [0, 0.1) is 17.0 Å². The Hall–Kier alpha value is -2.94. The third kappa shape index (κ3) is 3.92. The molecule has 0 bridgehead atoms. The first-order chi connectivity index (χ1) is 12.7. The second kappa shape index (κ2) is 6.99. The summed E-state index contributed by atoms with van der Waals surface area (Å²) in [5.74, 6) is -0.385. The van der Waals surface area contributed by atoms with Crippen molar-refractivity contribution in [2.24, 2.45) is 0 Å². The molecule has 1 amide bonds. The molecular weight excluding hydrogens is 370 g/mol. The number of nitro benzene ring substituents is 1. The third-order valence-corrected chi connectivity index (χ3v) is 5.65. The van der Waals surface area contributed by atoms with E-state index in [0.29, 0.717) is 35.5 Å². The molecule has 0 aliphatic carbocycles. The van der Waals surface area contributed by atoms with E-state index in [0.717, 1.165) is 12.0 Å². The van der Waals surface area contributed by atoms with E-state index >= 15 is 0 Å². The fraction of sp³-hybridized carbons (Fsp3) is 0.278. The summed E-state index contributed by atoms with van der Waals surface area (Å²) < 4.78 is 25.2. The van der Waals surface area contributed by atoms with Gasteiger partial charge >= 0.3 is 0 Å². The van der Waals surface area contributed by atoms with Crippen molar-refractivity contribution in [3.8, 4) is 0 Å². The van der Waals surface area contributed by atoms with Crippen molar-refractivity contribution < 1.29 is 18.1 Å². The molecule has 2 aromatic carbocycles. The van der Waals surface area contributed by atoms with Gasteiger partial charge in [-0.25, -0.2) is 8.42 Å². The van der Waals surface area contributed by atoms with Crippen LogP contribution in [-0.4, -0.2) is 32.0 Å². The number of carbonyl (C=O) groups excluding carboxylic acids is 1. The summed E-state index contributed by atoms with van der Waals surface area (Å²) >= 11 is 0. The molecule has 8 nitrogen and oxygen atoms in total. The minimum absolute atomic E-state index is 0.0406. The highest BCUT2D eigenvalue weighted by Crippen LogP contribution is 2.31. The zero-order valence-corrected chi connectivity index (χ0v) is 15.7. The number of aryl methyl sites for hydroxylation is 2. The molecule has 0 saturated carbocycles. The van der Waals surface area contributed by atoms with Gasteiger partial charge in [0, 0.05) is 29.4 Å². The number of benzene rings is 2. The molecule has 1 N–H and O–H groups in total. The average molecular weight is 389 g/mol. The predicted molar refractivity (Wildman–Crippen MR) is 103 cm³/mol. The van der Waals surface area contributed by atoms with E-state index in [-0.39, 0.29) is 11.6 Å². The Morgan fingerprint density at radius 3 is 2.59 bits per heavy atom. The number of nitrogens with zero attached hydrogens (tertiary/aromatic N) is 2. The number of rotatable bonds is 4. The molecule has 3 rings (SSSR count). The zero-order chi connectivity index (χ0) is 19.8. The molecule has 9 heteroatoms. The minimum Gasteiger partial charge on any atom is -0.322 e. The number of hydrogen-bond acceptors (Lipinski definition) is 5. The van der Waals surface area contributed by atoms with Crippen molar-refractivity contribution >= 4 is 33.0 Å². The molecule has 1 heterocycles. The van der Waals surface area contributed by atoms with E-state index in [1.807, 2.05) is 0 Å². The van der Waals surface area contributed by atoms with Crippen LogP contribution in [0.15, 0.2) is 36.4 Å². The highest BCUT2D eigenvalue weighted by molar-refractivity contribution is 7.92. The van der Waals surface area contributed by atoms with Crippen LogP contribution in [0.2, 0.25) is 0 Å². The maximum atomic E-state index is 12.5. The Morgan fingerprint density at radius 1 is 1.22 bits per heavy atom. The zero-order valence-electron chi connectivity index (χ0n) is 14.9. The van der Waals surface area contributed by atoms with E-state index in [1.165, 1.54) is 28.8 Å². The highest BCUT2D eigenvalue weighted by Gasteiger charge is 2.24. The molecule has 0 spiro atoms. The summed E-state index contributed by atoms with van der Waals surface area (Å²) in [6.45, 7) is 2.02. The fourth-order valence-electron chi connectivity index (χ4n) is 3.19. The van der Waals surface area contributed by atoms with Crippen molar-refractivity contribution in [3.63, 3.8) is 0 Å². The molecule has 142 valence electrons. The minimum atomic E-state index is -3.34. The number of nitrogens with one attached hydrogen (secondary N) is 1. The smallest absolute Gasteiger partial charge is 0.272 e. The van der Waals surface area contributed by atoms with Gasteiger partial charge in [0.05, 0.1) is 16.9 Å². The monoisotopic (exact) mass is 389 g/mol. The quantitative estimate of drug-likeness (QED) is 0.639. The van der Waals surface area contributed by atoms with Crippen LogP contribution in [-0.2, 0) is 16.4 Å². The predicted octanol–water partition coefficient (Wildman–Crippen LogP) is 2.87. The molecule has 1 aliphatic rings. The molecule has 0 radical (unpaired) electrons. The molecule has 0 fully saturated rings. The second-order valence-electron chi connectivity index (χ2n) is 6.49. The van der Waals surface area contributed by atoms with Crippen LogP contribution >= 0.6 is 0 Å². The highest BCUT2D eigenvalue weighted by atomic mass is 32.2. The molecule has 1 aliphatic heterocycles. The van der Waals surface area contributed by atoms with Crippen LogP contribution in [0.1, 0.15) is 27.9 Å². The second-order valence-corrected chi connectivity index (χ2v) is 8.40. The van der Waals surface area contributed by atoms with Gasteiger partial charge in [-0.05, 0) is 55.7 Å². The number of amides is 1. The number of nitro groups is 1. The third-order valence-electron chi connectivity index (χ3n) is 4.47. The van der Waals surface area contributed by atoms with Gasteiger partial charge in [0.25, 0.3) is 11.6 Å². The van der Waals surface area contributed by atoms with Crippen LogP contribution in [0.25, 0.3) is 0 Å². The molecule has 0 unspecified atom stereocenters. The van der Waals surface area contributed by atoms with Gasteiger partial charge in [-0.2, -0.15) is 0 Å². The molecule has 27 heavy (non-hydrogen) atoms. The van der Waals surface area contributed by atoms with Gasteiger partial charge in [-0.3, -0.25) is 19.2 Å². The van der Waals surface area contributed by atoms with Crippen LogP contribution in [0.5, 0.6) is 0 Å². The van der Waals surface area contributed by atoms with E-state index in [9.17, 15) is 23.3 Å². The number of anilines is 2. The lowest BCUT2D eigenvalue weighted by Gasteiger charge is -2.29. The van der Waals surface area contributed by atoms with Gasteiger partial charge in [0.15, 0.2) is 0 Å². The van der Waals surface area contributed by atoms with Gasteiger partial charge in [-0.15, -0.1) is 0 Å². The Kier molecular flexibility index (Phi) is 4.88. The maximum absolute atomic E-state index is 12.5. The summed E-state index contributed by atoms with van der Waals surface area (Å²) in [6.07, 6.45) is 2.61. The number of sulfonamides is 1. The molecule has 0 aromatic heterocycles. The number of carbonyl (C=O) groups is 1. The molecule has 0 saturated heterocycles. The van der Waals surface area contributed by atoms with Crippen LogP contribution in [0.3, 0.4) is 0 Å². The summed E-state index contributed by atoms with van der Waals surface area (Å²) in [5.41, 5.74) is 2.71. The normalized spacial score (nSPS) is 13.8. The Labute approximate surface area is 157 Å². The lowest BCUT2D eigenvalue weighted by molar-refractivity contribution is -0.385.